The first-order valence-corrected chi connectivity index (χ1v) is 5.12. The van der Waals surface area contributed by atoms with Crippen molar-refractivity contribution in [2.24, 2.45) is 0 Å². The third-order valence-electron chi connectivity index (χ3n) is 2.30. The fourth-order valence-electron chi connectivity index (χ4n) is 1.36. The molecular formula is C10H10F3N5. The first-order valence-electron chi connectivity index (χ1n) is 5.12. The molecule has 2 rings (SSSR count). The van der Waals surface area contributed by atoms with Crippen LogP contribution in [0.4, 0.5) is 19.0 Å². The van der Waals surface area contributed by atoms with Gasteiger partial charge in [-0.3, -0.25) is 5.10 Å². The van der Waals surface area contributed by atoms with Crippen molar-refractivity contribution in [2.45, 2.75) is 19.1 Å². The zero-order chi connectivity index (χ0) is 13.2. The highest BCUT2D eigenvalue weighted by molar-refractivity contribution is 5.37. The second-order valence-corrected chi connectivity index (χ2v) is 3.67. The molecule has 1 atom stereocenters. The molecule has 0 fully saturated rings. The maximum atomic E-state index is 12.3. The number of hydrogen-bond donors (Lipinski definition) is 2. The van der Waals surface area contributed by atoms with E-state index in [1.807, 2.05) is 0 Å². The summed E-state index contributed by atoms with van der Waals surface area (Å²) >= 11 is 0. The Labute approximate surface area is 100 Å². The van der Waals surface area contributed by atoms with Crippen molar-refractivity contribution in [1.82, 2.24) is 20.2 Å². The summed E-state index contributed by atoms with van der Waals surface area (Å²) in [4.78, 5) is 7.63. The highest BCUT2D eigenvalue weighted by Gasteiger charge is 2.30. The van der Waals surface area contributed by atoms with Crippen LogP contribution in [-0.4, -0.2) is 20.2 Å². The van der Waals surface area contributed by atoms with E-state index in [2.05, 4.69) is 25.5 Å². The van der Waals surface area contributed by atoms with Crippen molar-refractivity contribution >= 4 is 5.82 Å². The van der Waals surface area contributed by atoms with Crippen molar-refractivity contribution < 1.29 is 13.2 Å². The molecular weight excluding hydrogens is 247 g/mol. The number of pyridine rings is 1. The minimum absolute atomic E-state index is 0.225. The Hall–Kier alpha value is -2.12. The van der Waals surface area contributed by atoms with Gasteiger partial charge in [-0.2, -0.15) is 18.3 Å². The standard InChI is InChI=1S/C10H10F3N5/c1-6(9-15-5-16-18-9)17-8-3-2-7(4-14-8)10(11,12)13/h2-6H,1H3,(H,14,17)(H,15,16,18)/t6-/m1/s1. The molecule has 0 radical (unpaired) electrons. The average Bonchev–Trinajstić information content (AvgIpc) is 2.82. The van der Waals surface area contributed by atoms with Gasteiger partial charge in [0.1, 0.15) is 18.0 Å². The summed E-state index contributed by atoms with van der Waals surface area (Å²) in [7, 11) is 0. The van der Waals surface area contributed by atoms with E-state index in [-0.39, 0.29) is 6.04 Å². The van der Waals surface area contributed by atoms with Crippen LogP contribution in [0.1, 0.15) is 24.4 Å². The number of nitrogens with one attached hydrogen (secondary N) is 2. The summed E-state index contributed by atoms with van der Waals surface area (Å²) < 4.78 is 37.0. The molecule has 2 aromatic rings. The largest absolute Gasteiger partial charge is 0.417 e. The third kappa shape index (κ3) is 2.76. The molecule has 5 nitrogen and oxygen atoms in total. The van der Waals surface area contributed by atoms with E-state index in [1.54, 1.807) is 6.92 Å². The molecule has 0 unspecified atom stereocenters. The van der Waals surface area contributed by atoms with Gasteiger partial charge in [0.2, 0.25) is 0 Å². The van der Waals surface area contributed by atoms with Crippen LogP contribution in [0, 0.1) is 0 Å². The number of anilines is 1. The van der Waals surface area contributed by atoms with Crippen LogP contribution in [0.25, 0.3) is 0 Å². The van der Waals surface area contributed by atoms with Crippen LogP contribution in [0.15, 0.2) is 24.7 Å². The van der Waals surface area contributed by atoms with Crippen LogP contribution < -0.4 is 5.32 Å². The Kier molecular flexibility index (Phi) is 3.17. The van der Waals surface area contributed by atoms with Crippen LogP contribution in [-0.2, 0) is 6.18 Å². The minimum Gasteiger partial charge on any atom is -0.360 e. The lowest BCUT2D eigenvalue weighted by Gasteiger charge is -2.12. The van der Waals surface area contributed by atoms with Gasteiger partial charge in [-0.05, 0) is 19.1 Å². The second-order valence-electron chi connectivity index (χ2n) is 3.67. The molecule has 0 amide bonds. The number of alkyl halides is 3. The molecule has 96 valence electrons. The van der Waals surface area contributed by atoms with Gasteiger partial charge < -0.3 is 5.32 Å². The predicted octanol–water partition coefficient (Wildman–Crippen LogP) is 2.39. The molecule has 2 aromatic heterocycles. The lowest BCUT2D eigenvalue weighted by atomic mass is 10.2. The molecule has 18 heavy (non-hydrogen) atoms. The lowest BCUT2D eigenvalue weighted by molar-refractivity contribution is -0.137. The van der Waals surface area contributed by atoms with Crippen molar-refractivity contribution in [1.29, 1.82) is 0 Å². The monoisotopic (exact) mass is 257 g/mol. The summed E-state index contributed by atoms with van der Waals surface area (Å²) in [5.41, 5.74) is -0.777. The van der Waals surface area contributed by atoms with Crippen molar-refractivity contribution in [3.05, 3.63) is 36.0 Å². The molecule has 0 saturated carbocycles. The maximum Gasteiger partial charge on any atom is 0.417 e. The Morgan fingerprint density at radius 3 is 2.56 bits per heavy atom. The molecule has 0 saturated heterocycles. The molecule has 2 N–H and O–H groups in total. The molecule has 0 aliphatic carbocycles. The highest BCUT2D eigenvalue weighted by atomic mass is 19.4. The number of aromatic amines is 1. The summed E-state index contributed by atoms with van der Waals surface area (Å²) in [6.45, 7) is 1.79. The first kappa shape index (κ1) is 12.3. The molecule has 0 bridgehead atoms. The quantitative estimate of drug-likeness (QED) is 0.886. The predicted molar refractivity (Wildman–Crippen MR) is 57.7 cm³/mol. The molecule has 0 aromatic carbocycles. The fraction of sp³-hybridized carbons (Fsp3) is 0.300. The highest BCUT2D eigenvalue weighted by Crippen LogP contribution is 2.29. The Morgan fingerprint density at radius 2 is 2.06 bits per heavy atom. The van der Waals surface area contributed by atoms with Gasteiger partial charge in [-0.1, -0.05) is 0 Å². The third-order valence-corrected chi connectivity index (χ3v) is 2.30. The van der Waals surface area contributed by atoms with Gasteiger partial charge in [-0.15, -0.1) is 0 Å². The van der Waals surface area contributed by atoms with Crippen LogP contribution in [0.5, 0.6) is 0 Å². The molecule has 0 spiro atoms. The first-order chi connectivity index (χ1) is 8.47. The second kappa shape index (κ2) is 4.63. The van der Waals surface area contributed by atoms with Gasteiger partial charge in [0.05, 0.1) is 11.6 Å². The number of rotatable bonds is 3. The Balaban J connectivity index is 2.07. The van der Waals surface area contributed by atoms with Gasteiger partial charge in [0.15, 0.2) is 0 Å². The number of halogens is 3. The molecule has 2 heterocycles. The van der Waals surface area contributed by atoms with E-state index in [0.717, 1.165) is 12.3 Å². The summed E-state index contributed by atoms with van der Waals surface area (Å²) in [6.07, 6.45) is -2.23. The van der Waals surface area contributed by atoms with E-state index in [4.69, 9.17) is 0 Å². The van der Waals surface area contributed by atoms with Gasteiger partial charge >= 0.3 is 6.18 Å². The summed E-state index contributed by atoms with van der Waals surface area (Å²) in [5, 5.41) is 9.26. The molecule has 8 heteroatoms. The zero-order valence-electron chi connectivity index (χ0n) is 9.36. The van der Waals surface area contributed by atoms with Crippen molar-refractivity contribution in [3.8, 4) is 0 Å². The number of aromatic nitrogens is 4. The van der Waals surface area contributed by atoms with Gasteiger partial charge in [0, 0.05) is 6.20 Å². The average molecular weight is 257 g/mol. The van der Waals surface area contributed by atoms with E-state index in [1.165, 1.54) is 12.4 Å². The SMILES string of the molecule is C[C@@H](Nc1ccc(C(F)(F)F)cn1)c1ncn[nH]1. The van der Waals surface area contributed by atoms with E-state index in [0.29, 0.717) is 11.6 Å². The molecule has 0 aliphatic heterocycles. The number of hydrogen-bond acceptors (Lipinski definition) is 4. The van der Waals surface area contributed by atoms with Crippen LogP contribution >= 0.6 is 0 Å². The summed E-state index contributed by atoms with van der Waals surface area (Å²) in [5.74, 6) is 0.920. The van der Waals surface area contributed by atoms with E-state index < -0.39 is 11.7 Å². The Morgan fingerprint density at radius 1 is 1.28 bits per heavy atom. The topological polar surface area (TPSA) is 66.5 Å². The van der Waals surface area contributed by atoms with Crippen LogP contribution in [0.3, 0.4) is 0 Å². The summed E-state index contributed by atoms with van der Waals surface area (Å²) in [6, 6.07) is 2.02. The normalized spacial score (nSPS) is 13.3. The molecule has 0 aliphatic rings. The van der Waals surface area contributed by atoms with Crippen molar-refractivity contribution in [3.63, 3.8) is 0 Å². The number of nitrogens with zero attached hydrogens (tertiary/aromatic N) is 3. The minimum atomic E-state index is -4.37. The Bertz CT molecular complexity index is 491. The van der Waals surface area contributed by atoms with Crippen molar-refractivity contribution in [2.75, 3.05) is 5.32 Å². The van der Waals surface area contributed by atoms with Gasteiger partial charge in [-0.25, -0.2) is 9.97 Å². The zero-order valence-corrected chi connectivity index (χ0v) is 9.36. The fourth-order valence-corrected chi connectivity index (χ4v) is 1.36. The van der Waals surface area contributed by atoms with E-state index >= 15 is 0 Å². The van der Waals surface area contributed by atoms with Crippen LogP contribution in [0.2, 0.25) is 0 Å². The van der Waals surface area contributed by atoms with E-state index in [9.17, 15) is 13.2 Å². The smallest absolute Gasteiger partial charge is 0.360 e. The number of H-pyrrole nitrogens is 1. The van der Waals surface area contributed by atoms with Gasteiger partial charge in [0.25, 0.3) is 0 Å². The maximum absolute atomic E-state index is 12.3. The lowest BCUT2D eigenvalue weighted by Crippen LogP contribution is -2.11.